The fourth-order valence-electron chi connectivity index (χ4n) is 4.36. The third kappa shape index (κ3) is 7.26. The van der Waals surface area contributed by atoms with Crippen molar-refractivity contribution in [2.45, 2.75) is 64.3 Å². The zero-order valence-electron chi connectivity index (χ0n) is 17.9. The van der Waals surface area contributed by atoms with Crippen LogP contribution in [0.5, 0.6) is 0 Å². The topological polar surface area (TPSA) is 68.8 Å². The molecule has 0 atom stereocenters. The first kappa shape index (κ1) is 21.5. The number of urea groups is 1. The quantitative estimate of drug-likeness (QED) is 0.363. The van der Waals surface area contributed by atoms with Gasteiger partial charge in [0.2, 0.25) is 0 Å². The number of aliphatic imine (C=N–C) groups is 1. The fourth-order valence-corrected chi connectivity index (χ4v) is 4.36. The molecule has 1 aliphatic carbocycles. The number of likely N-dealkylation sites (tertiary alicyclic amines) is 1. The van der Waals surface area contributed by atoms with Gasteiger partial charge in [-0.15, -0.1) is 0 Å². The van der Waals surface area contributed by atoms with Gasteiger partial charge in [0.15, 0.2) is 5.96 Å². The molecule has 6 nitrogen and oxygen atoms in total. The molecule has 3 N–H and O–H groups in total. The highest BCUT2D eigenvalue weighted by molar-refractivity contribution is 5.89. The van der Waals surface area contributed by atoms with Crippen molar-refractivity contribution >= 4 is 17.7 Å². The van der Waals surface area contributed by atoms with E-state index in [2.05, 4.69) is 27.0 Å². The van der Waals surface area contributed by atoms with E-state index in [4.69, 9.17) is 0 Å². The molecule has 1 aliphatic heterocycles. The van der Waals surface area contributed by atoms with Crippen LogP contribution in [0.3, 0.4) is 0 Å². The molecule has 3 rings (SSSR count). The molecule has 29 heavy (non-hydrogen) atoms. The van der Waals surface area contributed by atoms with Crippen LogP contribution >= 0.6 is 0 Å². The van der Waals surface area contributed by atoms with Crippen molar-refractivity contribution in [3.63, 3.8) is 0 Å². The molecular weight excluding hydrogens is 362 g/mol. The molecule has 0 radical (unpaired) electrons. The van der Waals surface area contributed by atoms with Gasteiger partial charge in [-0.05, 0) is 49.3 Å². The van der Waals surface area contributed by atoms with E-state index in [0.717, 1.165) is 55.6 Å². The number of hydrogen-bond donors (Lipinski definition) is 3. The zero-order valence-corrected chi connectivity index (χ0v) is 17.9. The van der Waals surface area contributed by atoms with Crippen molar-refractivity contribution in [3.8, 4) is 0 Å². The van der Waals surface area contributed by atoms with Crippen LogP contribution in [0.4, 0.5) is 10.5 Å². The Morgan fingerprint density at radius 2 is 1.90 bits per heavy atom. The Labute approximate surface area is 175 Å². The SMILES string of the molecule is CN=C(NCCCC1CCCCC1)NCc1cccc(NC(=O)N2CCCC2)c1. The van der Waals surface area contributed by atoms with Crippen molar-refractivity contribution in [1.82, 2.24) is 15.5 Å². The van der Waals surface area contributed by atoms with Crippen LogP contribution in [0.2, 0.25) is 0 Å². The van der Waals surface area contributed by atoms with E-state index < -0.39 is 0 Å². The standard InChI is InChI=1S/C23H37N5O/c1-24-22(25-14-8-12-19-9-3-2-4-10-19)26-18-20-11-7-13-21(17-20)27-23(29)28-15-5-6-16-28/h7,11,13,17,19H,2-6,8-10,12,14-16,18H2,1H3,(H,27,29)(H2,24,25,26). The van der Waals surface area contributed by atoms with Gasteiger partial charge in [-0.25, -0.2) is 4.79 Å². The highest BCUT2D eigenvalue weighted by Crippen LogP contribution is 2.26. The minimum atomic E-state index is 0.00283. The Morgan fingerprint density at radius 3 is 2.66 bits per heavy atom. The lowest BCUT2D eigenvalue weighted by Crippen LogP contribution is -2.37. The minimum Gasteiger partial charge on any atom is -0.356 e. The highest BCUT2D eigenvalue weighted by Gasteiger charge is 2.17. The Hall–Kier alpha value is -2.24. The van der Waals surface area contributed by atoms with E-state index in [-0.39, 0.29) is 6.03 Å². The molecule has 6 heteroatoms. The van der Waals surface area contributed by atoms with Crippen LogP contribution in [0.15, 0.2) is 29.3 Å². The summed E-state index contributed by atoms with van der Waals surface area (Å²) in [6.45, 7) is 3.35. The third-order valence-electron chi connectivity index (χ3n) is 6.06. The number of carbonyl (C=O) groups is 1. The van der Waals surface area contributed by atoms with Crippen LogP contribution in [-0.4, -0.2) is 43.6 Å². The fraction of sp³-hybridized carbons (Fsp3) is 0.652. The molecule has 2 amide bonds. The molecule has 0 unspecified atom stereocenters. The van der Waals surface area contributed by atoms with Crippen molar-refractivity contribution in [3.05, 3.63) is 29.8 Å². The van der Waals surface area contributed by atoms with Gasteiger partial charge in [-0.3, -0.25) is 4.99 Å². The van der Waals surface area contributed by atoms with Crippen LogP contribution in [0, 0.1) is 5.92 Å². The summed E-state index contributed by atoms with van der Waals surface area (Å²) in [6.07, 6.45) is 11.8. The summed E-state index contributed by atoms with van der Waals surface area (Å²) < 4.78 is 0. The molecule has 1 saturated heterocycles. The first-order valence-electron chi connectivity index (χ1n) is 11.3. The van der Waals surface area contributed by atoms with Crippen molar-refractivity contribution in [2.75, 3.05) is 32.0 Å². The smallest absolute Gasteiger partial charge is 0.321 e. The van der Waals surface area contributed by atoms with Crippen LogP contribution in [0.1, 0.15) is 63.4 Å². The predicted molar refractivity (Wildman–Crippen MR) is 120 cm³/mol. The Morgan fingerprint density at radius 1 is 1.10 bits per heavy atom. The van der Waals surface area contributed by atoms with Crippen LogP contribution in [0.25, 0.3) is 0 Å². The lowest BCUT2D eigenvalue weighted by atomic mass is 9.86. The van der Waals surface area contributed by atoms with Gasteiger partial charge < -0.3 is 20.9 Å². The van der Waals surface area contributed by atoms with Gasteiger partial charge in [0, 0.05) is 38.9 Å². The second-order valence-electron chi connectivity index (χ2n) is 8.32. The number of hydrogen-bond acceptors (Lipinski definition) is 2. The molecule has 160 valence electrons. The molecule has 2 aliphatic rings. The number of amides is 2. The van der Waals surface area contributed by atoms with E-state index in [1.165, 1.54) is 44.9 Å². The largest absolute Gasteiger partial charge is 0.356 e. The number of benzene rings is 1. The maximum Gasteiger partial charge on any atom is 0.321 e. The van der Waals surface area contributed by atoms with E-state index in [9.17, 15) is 4.79 Å². The minimum absolute atomic E-state index is 0.00283. The number of nitrogens with one attached hydrogen (secondary N) is 3. The molecule has 1 saturated carbocycles. The van der Waals surface area contributed by atoms with Gasteiger partial charge in [0.1, 0.15) is 0 Å². The Kier molecular flexibility index (Phi) is 8.65. The van der Waals surface area contributed by atoms with Crippen molar-refractivity contribution < 1.29 is 4.79 Å². The number of anilines is 1. The summed E-state index contributed by atoms with van der Waals surface area (Å²) in [6, 6.07) is 8.02. The molecule has 0 spiro atoms. The van der Waals surface area contributed by atoms with E-state index in [1.807, 2.05) is 30.1 Å². The molecule has 1 aromatic carbocycles. The maximum atomic E-state index is 12.3. The maximum absolute atomic E-state index is 12.3. The summed E-state index contributed by atoms with van der Waals surface area (Å²) in [7, 11) is 1.81. The molecular formula is C23H37N5O. The van der Waals surface area contributed by atoms with Gasteiger partial charge in [-0.2, -0.15) is 0 Å². The normalized spacial score (nSPS) is 18.0. The number of guanidine groups is 1. The average Bonchev–Trinajstić information content (AvgIpc) is 3.29. The van der Waals surface area contributed by atoms with E-state index in [0.29, 0.717) is 6.54 Å². The summed E-state index contributed by atoms with van der Waals surface area (Å²) in [5, 5.41) is 9.81. The lowest BCUT2D eigenvalue weighted by molar-refractivity contribution is 0.222. The van der Waals surface area contributed by atoms with E-state index >= 15 is 0 Å². The third-order valence-corrected chi connectivity index (χ3v) is 6.06. The zero-order chi connectivity index (χ0) is 20.3. The summed E-state index contributed by atoms with van der Waals surface area (Å²) in [4.78, 5) is 18.5. The molecule has 2 fully saturated rings. The highest BCUT2D eigenvalue weighted by atomic mass is 16.2. The average molecular weight is 400 g/mol. The van der Waals surface area contributed by atoms with E-state index in [1.54, 1.807) is 0 Å². The molecule has 1 aromatic rings. The molecule has 1 heterocycles. The number of rotatable bonds is 7. The van der Waals surface area contributed by atoms with Gasteiger partial charge >= 0.3 is 6.03 Å². The summed E-state index contributed by atoms with van der Waals surface area (Å²) >= 11 is 0. The monoisotopic (exact) mass is 399 g/mol. The van der Waals surface area contributed by atoms with Crippen LogP contribution < -0.4 is 16.0 Å². The van der Waals surface area contributed by atoms with Gasteiger partial charge in [0.05, 0.1) is 0 Å². The number of carbonyl (C=O) groups excluding carboxylic acids is 1. The van der Waals surface area contributed by atoms with Crippen molar-refractivity contribution in [1.29, 1.82) is 0 Å². The summed E-state index contributed by atoms with van der Waals surface area (Å²) in [5.74, 6) is 1.76. The second-order valence-corrected chi connectivity index (χ2v) is 8.32. The number of nitrogens with zero attached hydrogens (tertiary/aromatic N) is 2. The Bertz CT molecular complexity index is 663. The van der Waals surface area contributed by atoms with Crippen molar-refractivity contribution in [2.24, 2.45) is 10.9 Å². The second kappa shape index (κ2) is 11.7. The molecule has 0 bridgehead atoms. The van der Waals surface area contributed by atoms with Crippen LogP contribution in [-0.2, 0) is 6.54 Å². The lowest BCUT2D eigenvalue weighted by Gasteiger charge is -2.21. The molecule has 0 aromatic heterocycles. The Balaban J connectivity index is 1.37. The summed E-state index contributed by atoms with van der Waals surface area (Å²) in [5.41, 5.74) is 1.96. The first-order valence-corrected chi connectivity index (χ1v) is 11.3. The predicted octanol–water partition coefficient (Wildman–Crippen LogP) is 4.34. The van der Waals surface area contributed by atoms with Gasteiger partial charge in [-0.1, -0.05) is 44.2 Å². The van der Waals surface area contributed by atoms with Gasteiger partial charge in [0.25, 0.3) is 0 Å². The first-order chi connectivity index (χ1) is 14.2.